The van der Waals surface area contributed by atoms with Crippen molar-refractivity contribution in [3.63, 3.8) is 0 Å². The second-order valence-electron chi connectivity index (χ2n) is 4.93. The second kappa shape index (κ2) is 6.33. The van der Waals surface area contributed by atoms with Crippen molar-refractivity contribution >= 4 is 39.4 Å². The number of aromatic nitrogens is 1. The van der Waals surface area contributed by atoms with Crippen molar-refractivity contribution in [3.05, 3.63) is 50.8 Å². The largest absolute Gasteiger partial charge is 0.489 e. The van der Waals surface area contributed by atoms with Gasteiger partial charge < -0.3 is 9.84 Å². The van der Waals surface area contributed by atoms with Gasteiger partial charge in [0.1, 0.15) is 11.0 Å². The van der Waals surface area contributed by atoms with Crippen LogP contribution in [-0.2, 0) is 13.0 Å². The molecule has 120 valence electrons. The van der Waals surface area contributed by atoms with Crippen molar-refractivity contribution in [1.82, 2.24) is 4.98 Å². The molecule has 2 heterocycles. The van der Waals surface area contributed by atoms with Crippen molar-refractivity contribution in [2.45, 2.75) is 13.0 Å². The van der Waals surface area contributed by atoms with E-state index in [4.69, 9.17) is 16.3 Å². The highest BCUT2D eigenvalue weighted by Gasteiger charge is 2.26. The fraction of sp³-hybridized carbons (Fsp3) is 0.200. The lowest BCUT2D eigenvalue weighted by atomic mass is 10.0. The number of fused-ring (bicyclic) bond motifs is 2. The quantitative estimate of drug-likeness (QED) is 0.670. The first-order valence-corrected chi connectivity index (χ1v) is 7.90. The molecule has 0 unspecified atom stereocenters. The topological polar surface area (TPSA) is 62.7 Å². The monoisotopic (exact) mass is 400 g/mol. The Morgan fingerprint density at radius 1 is 1.48 bits per heavy atom. The third kappa shape index (κ3) is 3.11. The van der Waals surface area contributed by atoms with Gasteiger partial charge in [-0.3, -0.25) is 4.90 Å². The number of halogens is 3. The van der Waals surface area contributed by atoms with Gasteiger partial charge in [-0.2, -0.15) is 0 Å². The summed E-state index contributed by atoms with van der Waals surface area (Å²) in [6.45, 7) is 0.103. The van der Waals surface area contributed by atoms with E-state index >= 15 is 0 Å². The Morgan fingerprint density at radius 3 is 3.00 bits per heavy atom. The molecule has 0 radical (unpaired) electrons. The number of hydrogen-bond acceptors (Lipinski definition) is 3. The van der Waals surface area contributed by atoms with Gasteiger partial charge in [-0.15, -0.1) is 0 Å². The molecule has 2 aromatic rings. The molecule has 0 spiro atoms. The van der Waals surface area contributed by atoms with Crippen LogP contribution in [0.25, 0.3) is 0 Å². The van der Waals surface area contributed by atoms with E-state index < -0.39 is 11.9 Å². The maximum Gasteiger partial charge on any atom is 0.413 e. The lowest BCUT2D eigenvalue weighted by Crippen LogP contribution is -2.30. The Morgan fingerprint density at radius 2 is 2.26 bits per heavy atom. The predicted molar refractivity (Wildman–Crippen MR) is 86.8 cm³/mol. The summed E-state index contributed by atoms with van der Waals surface area (Å²) in [5.74, 6) is -0.140. The summed E-state index contributed by atoms with van der Waals surface area (Å²) < 4.78 is 20.3. The minimum absolute atomic E-state index is 0.0433. The Balaban J connectivity index is 2.16. The first-order valence-electron chi connectivity index (χ1n) is 6.73. The zero-order valence-corrected chi connectivity index (χ0v) is 14.1. The summed E-state index contributed by atoms with van der Waals surface area (Å²) in [6.07, 6.45) is -0.808. The molecule has 1 aliphatic rings. The number of benzene rings is 1. The molecule has 0 saturated heterocycles. The molecule has 1 amide bonds. The van der Waals surface area contributed by atoms with Crippen LogP contribution in [0, 0.1) is 5.82 Å². The van der Waals surface area contributed by atoms with Gasteiger partial charge in [0, 0.05) is 18.1 Å². The van der Waals surface area contributed by atoms with E-state index in [9.17, 15) is 14.3 Å². The van der Waals surface area contributed by atoms with Crippen molar-refractivity contribution in [3.8, 4) is 5.75 Å². The molecule has 23 heavy (non-hydrogen) atoms. The number of pyridine rings is 1. The molecule has 1 N–H and O–H groups in total. The standard InChI is InChI=1S/C15H11BrClFN2O3/c16-10-6-12-14(19-13(10)17)20(15(21)22)7-9-8(4-5-23-12)2-1-3-11(9)18/h1-3,6H,4-5,7H2,(H,21,22). The number of anilines is 1. The minimum atomic E-state index is -1.27. The van der Waals surface area contributed by atoms with Crippen molar-refractivity contribution in [2.24, 2.45) is 0 Å². The number of carboxylic acid groups (broad SMARTS) is 1. The lowest BCUT2D eigenvalue weighted by Gasteiger charge is -2.21. The second-order valence-corrected chi connectivity index (χ2v) is 6.14. The average Bonchev–Trinajstić information content (AvgIpc) is 2.56. The molecule has 0 saturated carbocycles. The average molecular weight is 402 g/mol. The molecule has 0 fully saturated rings. The van der Waals surface area contributed by atoms with Crippen LogP contribution in [0.15, 0.2) is 28.7 Å². The van der Waals surface area contributed by atoms with Gasteiger partial charge in [-0.05, 0) is 27.6 Å². The molecule has 8 heteroatoms. The number of nitrogens with zero attached hydrogens (tertiary/aromatic N) is 2. The Hall–Kier alpha value is -1.86. The molecular weight excluding hydrogens is 391 g/mol. The van der Waals surface area contributed by atoms with E-state index in [0.717, 1.165) is 4.90 Å². The van der Waals surface area contributed by atoms with E-state index in [2.05, 4.69) is 20.9 Å². The van der Waals surface area contributed by atoms with Crippen LogP contribution < -0.4 is 9.64 Å². The highest BCUT2D eigenvalue weighted by atomic mass is 79.9. The molecule has 1 aromatic heterocycles. The van der Waals surface area contributed by atoms with Crippen LogP contribution in [0.3, 0.4) is 0 Å². The van der Waals surface area contributed by atoms with Gasteiger partial charge in [0.15, 0.2) is 11.6 Å². The number of amides is 1. The van der Waals surface area contributed by atoms with Gasteiger partial charge in [-0.1, -0.05) is 23.7 Å². The van der Waals surface area contributed by atoms with Gasteiger partial charge in [0.2, 0.25) is 0 Å². The minimum Gasteiger partial charge on any atom is -0.489 e. The Kier molecular flexibility index (Phi) is 4.41. The van der Waals surface area contributed by atoms with Crippen molar-refractivity contribution in [2.75, 3.05) is 11.5 Å². The third-order valence-electron chi connectivity index (χ3n) is 3.53. The van der Waals surface area contributed by atoms with Gasteiger partial charge in [0.25, 0.3) is 0 Å². The van der Waals surface area contributed by atoms with Crippen LogP contribution in [0.4, 0.5) is 15.0 Å². The van der Waals surface area contributed by atoms with Crippen LogP contribution in [0.2, 0.25) is 5.15 Å². The summed E-state index contributed by atoms with van der Waals surface area (Å²) in [7, 11) is 0. The maximum atomic E-state index is 14.2. The zero-order valence-electron chi connectivity index (χ0n) is 11.7. The molecule has 0 atom stereocenters. The third-order valence-corrected chi connectivity index (χ3v) is 4.65. The lowest BCUT2D eigenvalue weighted by molar-refractivity contribution is 0.201. The van der Waals surface area contributed by atoms with E-state index in [-0.39, 0.29) is 29.9 Å². The molecule has 0 bridgehead atoms. The van der Waals surface area contributed by atoms with Crippen molar-refractivity contribution < 1.29 is 19.0 Å². The van der Waals surface area contributed by atoms with E-state index in [1.54, 1.807) is 18.2 Å². The Bertz CT molecular complexity index is 788. The van der Waals surface area contributed by atoms with Crippen LogP contribution >= 0.6 is 27.5 Å². The molecule has 3 rings (SSSR count). The van der Waals surface area contributed by atoms with E-state index in [0.29, 0.717) is 22.0 Å². The van der Waals surface area contributed by atoms with Crippen molar-refractivity contribution in [1.29, 1.82) is 0 Å². The van der Waals surface area contributed by atoms with E-state index in [1.807, 2.05) is 0 Å². The zero-order chi connectivity index (χ0) is 16.6. The summed E-state index contributed by atoms with van der Waals surface area (Å²) >= 11 is 9.21. The summed E-state index contributed by atoms with van der Waals surface area (Å²) in [4.78, 5) is 16.7. The molecule has 1 aliphatic heterocycles. The predicted octanol–water partition coefficient (Wildman–Crippen LogP) is 4.26. The van der Waals surface area contributed by atoms with Crippen LogP contribution in [-0.4, -0.2) is 22.8 Å². The molecular formula is C15H11BrClFN2O3. The summed E-state index contributed by atoms with van der Waals surface area (Å²) in [6, 6.07) is 6.22. The SMILES string of the molecule is O=C(O)N1Cc2c(F)cccc2CCOc2cc(Br)c(Cl)nc21. The smallest absolute Gasteiger partial charge is 0.413 e. The summed E-state index contributed by atoms with van der Waals surface area (Å²) in [5.41, 5.74) is 1.02. The first kappa shape index (κ1) is 16.0. The van der Waals surface area contributed by atoms with Gasteiger partial charge in [0.05, 0.1) is 17.6 Å². The van der Waals surface area contributed by atoms with Crippen LogP contribution in [0.5, 0.6) is 5.75 Å². The van der Waals surface area contributed by atoms with Gasteiger partial charge >= 0.3 is 6.09 Å². The maximum absolute atomic E-state index is 14.2. The molecule has 5 nitrogen and oxygen atoms in total. The highest BCUT2D eigenvalue weighted by molar-refractivity contribution is 9.10. The van der Waals surface area contributed by atoms with Gasteiger partial charge in [-0.25, -0.2) is 14.2 Å². The number of rotatable bonds is 0. The fourth-order valence-corrected chi connectivity index (χ4v) is 2.85. The Labute approximate surface area is 144 Å². The molecule has 1 aromatic carbocycles. The highest BCUT2D eigenvalue weighted by Crippen LogP contribution is 2.36. The number of hydrogen-bond donors (Lipinski definition) is 1. The first-order chi connectivity index (χ1) is 11.0. The van der Waals surface area contributed by atoms with E-state index in [1.165, 1.54) is 6.07 Å². The normalized spacial score (nSPS) is 14.0. The number of ether oxygens (including phenoxy) is 1. The number of carbonyl (C=O) groups is 1. The van der Waals surface area contributed by atoms with Crippen LogP contribution in [0.1, 0.15) is 11.1 Å². The fourth-order valence-electron chi connectivity index (χ4n) is 2.42. The molecule has 0 aliphatic carbocycles. The summed E-state index contributed by atoms with van der Waals surface area (Å²) in [5, 5.41) is 9.63.